The van der Waals surface area contributed by atoms with Crippen LogP contribution in [-0.4, -0.2) is 0 Å². The Labute approximate surface area is 302 Å². The van der Waals surface area contributed by atoms with Crippen LogP contribution in [0.3, 0.4) is 0 Å². The Kier molecular flexibility index (Phi) is 7.18. The number of furan rings is 1. The van der Waals surface area contributed by atoms with E-state index in [1.54, 1.807) is 0 Å². The van der Waals surface area contributed by atoms with Gasteiger partial charge in [0.05, 0.1) is 5.69 Å². The summed E-state index contributed by atoms with van der Waals surface area (Å²) in [5.74, 6) is 0. The van der Waals surface area contributed by atoms with E-state index in [1.165, 1.54) is 54.9 Å². The summed E-state index contributed by atoms with van der Waals surface area (Å²) in [6, 6.07) is 71.8. The molecule has 0 saturated heterocycles. The molecule has 2 nitrogen and oxygen atoms in total. The molecule has 0 aliphatic heterocycles. The number of nitrogens with zero attached hydrogens (tertiary/aromatic N) is 1. The van der Waals surface area contributed by atoms with Crippen LogP contribution < -0.4 is 4.90 Å². The van der Waals surface area contributed by atoms with Crippen LogP contribution in [0, 0.1) is 0 Å². The fourth-order valence-corrected chi connectivity index (χ4v) is 7.66. The van der Waals surface area contributed by atoms with Crippen molar-refractivity contribution in [1.82, 2.24) is 0 Å². The highest BCUT2D eigenvalue weighted by Gasteiger charge is 2.18. The van der Waals surface area contributed by atoms with E-state index < -0.39 is 0 Å². The monoisotopic (exact) mass is 663 g/mol. The average molecular weight is 664 g/mol. The highest BCUT2D eigenvalue weighted by atomic mass is 16.3. The van der Waals surface area contributed by atoms with Gasteiger partial charge in [-0.2, -0.15) is 0 Å². The number of fused-ring (bicyclic) bond motifs is 5. The van der Waals surface area contributed by atoms with Gasteiger partial charge >= 0.3 is 0 Å². The number of para-hydroxylation sites is 1. The first-order valence-electron chi connectivity index (χ1n) is 17.8. The first kappa shape index (κ1) is 30.0. The Morgan fingerprint density at radius 3 is 1.58 bits per heavy atom. The third-order valence-electron chi connectivity index (χ3n) is 10.3. The molecule has 0 spiro atoms. The number of benzene rings is 9. The van der Waals surface area contributed by atoms with Gasteiger partial charge in [-0.25, -0.2) is 0 Å². The van der Waals surface area contributed by atoms with Crippen molar-refractivity contribution in [3.8, 4) is 33.4 Å². The van der Waals surface area contributed by atoms with E-state index in [0.717, 1.165) is 39.0 Å². The molecule has 0 amide bonds. The molecular weight excluding hydrogens is 631 g/mol. The number of rotatable bonds is 6. The van der Waals surface area contributed by atoms with Crippen molar-refractivity contribution in [2.75, 3.05) is 4.90 Å². The maximum Gasteiger partial charge on any atom is 0.136 e. The minimum atomic E-state index is 0.917. The third-order valence-corrected chi connectivity index (χ3v) is 10.3. The number of hydrogen-bond acceptors (Lipinski definition) is 2. The van der Waals surface area contributed by atoms with Crippen molar-refractivity contribution in [1.29, 1.82) is 0 Å². The van der Waals surface area contributed by atoms with Crippen molar-refractivity contribution in [3.05, 3.63) is 200 Å². The zero-order chi connectivity index (χ0) is 34.4. The average Bonchev–Trinajstić information content (AvgIpc) is 3.58. The number of anilines is 3. The molecule has 0 bridgehead atoms. The molecule has 0 atom stereocenters. The van der Waals surface area contributed by atoms with E-state index >= 15 is 0 Å². The summed E-state index contributed by atoms with van der Waals surface area (Å²) in [5.41, 5.74) is 12.4. The lowest BCUT2D eigenvalue weighted by Crippen LogP contribution is -2.10. The quantitative estimate of drug-likeness (QED) is 0.176. The van der Waals surface area contributed by atoms with Gasteiger partial charge in [0.25, 0.3) is 0 Å². The molecule has 0 radical (unpaired) electrons. The van der Waals surface area contributed by atoms with Crippen molar-refractivity contribution in [2.45, 2.75) is 0 Å². The van der Waals surface area contributed by atoms with Crippen LogP contribution in [0.4, 0.5) is 17.1 Å². The van der Waals surface area contributed by atoms with Gasteiger partial charge in [-0.3, -0.25) is 0 Å². The molecule has 0 fully saturated rings. The molecule has 0 unspecified atom stereocenters. The van der Waals surface area contributed by atoms with Gasteiger partial charge < -0.3 is 9.32 Å². The van der Waals surface area contributed by atoms with Crippen LogP contribution in [0.25, 0.3) is 76.9 Å². The Bertz CT molecular complexity index is 2870. The Morgan fingerprint density at radius 1 is 0.308 bits per heavy atom. The zero-order valence-corrected chi connectivity index (χ0v) is 28.4. The van der Waals surface area contributed by atoms with Gasteiger partial charge in [-0.05, 0) is 104 Å². The summed E-state index contributed by atoms with van der Waals surface area (Å²) in [7, 11) is 0. The molecule has 9 aromatic carbocycles. The van der Waals surface area contributed by atoms with E-state index in [0.29, 0.717) is 0 Å². The first-order chi connectivity index (χ1) is 25.8. The van der Waals surface area contributed by atoms with Gasteiger partial charge in [0.15, 0.2) is 0 Å². The summed E-state index contributed by atoms with van der Waals surface area (Å²) >= 11 is 0. The SMILES string of the molecule is c1ccc(-c2ccc(N(c3ccc(-c4ccc5cc6c(cc5c4)oc4ccccc46)cc3)c3ccc(-c4ccccc4)c4ccccc34)cc2)cc1. The molecule has 0 aliphatic rings. The summed E-state index contributed by atoms with van der Waals surface area (Å²) in [4.78, 5) is 2.38. The number of hydrogen-bond donors (Lipinski definition) is 0. The van der Waals surface area contributed by atoms with Gasteiger partial charge in [-0.15, -0.1) is 0 Å². The molecule has 244 valence electrons. The topological polar surface area (TPSA) is 16.4 Å². The molecule has 0 N–H and O–H groups in total. The van der Waals surface area contributed by atoms with Gasteiger partial charge in [-0.1, -0.05) is 146 Å². The molecule has 0 saturated carbocycles. The fraction of sp³-hybridized carbons (Fsp3) is 0. The second-order valence-electron chi connectivity index (χ2n) is 13.3. The molecule has 2 heteroatoms. The molecule has 1 heterocycles. The standard InChI is InChI=1S/C50H33NO/c1-3-11-34(12-4-1)35-21-25-41(26-22-35)51(48-30-29-43(37-13-5-2-6-14-37)44-15-7-8-16-45(44)48)42-27-23-36(24-28-42)38-19-20-39-32-47-46-17-9-10-18-49(46)52-50(47)33-40(39)31-38/h1-33H. The van der Waals surface area contributed by atoms with Crippen LogP contribution in [0.1, 0.15) is 0 Å². The van der Waals surface area contributed by atoms with Crippen molar-refractivity contribution >= 4 is 60.5 Å². The van der Waals surface area contributed by atoms with E-state index in [4.69, 9.17) is 4.42 Å². The minimum Gasteiger partial charge on any atom is -0.456 e. The maximum atomic E-state index is 6.22. The predicted octanol–water partition coefficient (Wildman–Crippen LogP) is 14.4. The highest BCUT2D eigenvalue weighted by molar-refractivity contribution is 6.10. The second kappa shape index (κ2) is 12.5. The third kappa shape index (κ3) is 5.21. The first-order valence-corrected chi connectivity index (χ1v) is 17.8. The summed E-state index contributed by atoms with van der Waals surface area (Å²) < 4.78 is 6.22. The summed E-state index contributed by atoms with van der Waals surface area (Å²) in [6.45, 7) is 0. The summed E-state index contributed by atoms with van der Waals surface area (Å²) in [5, 5.41) is 7.10. The van der Waals surface area contributed by atoms with Crippen molar-refractivity contribution in [3.63, 3.8) is 0 Å². The van der Waals surface area contributed by atoms with E-state index in [2.05, 4.69) is 193 Å². The van der Waals surface area contributed by atoms with Crippen LogP contribution in [0.15, 0.2) is 205 Å². The molecule has 10 rings (SSSR count). The van der Waals surface area contributed by atoms with Crippen molar-refractivity contribution < 1.29 is 4.42 Å². The normalized spacial score (nSPS) is 11.5. The highest BCUT2D eigenvalue weighted by Crippen LogP contribution is 2.43. The molecule has 10 aromatic rings. The molecule has 52 heavy (non-hydrogen) atoms. The Hall–Kier alpha value is -6.90. The minimum absolute atomic E-state index is 0.917. The van der Waals surface area contributed by atoms with Crippen LogP contribution in [-0.2, 0) is 0 Å². The second-order valence-corrected chi connectivity index (χ2v) is 13.3. The van der Waals surface area contributed by atoms with Crippen LogP contribution in [0.5, 0.6) is 0 Å². The fourth-order valence-electron chi connectivity index (χ4n) is 7.66. The van der Waals surface area contributed by atoms with Gasteiger partial charge in [0.2, 0.25) is 0 Å². The molecule has 0 aliphatic carbocycles. The lowest BCUT2D eigenvalue weighted by Gasteiger charge is -2.28. The maximum absolute atomic E-state index is 6.22. The summed E-state index contributed by atoms with van der Waals surface area (Å²) in [6.07, 6.45) is 0. The lowest BCUT2D eigenvalue weighted by molar-refractivity contribution is 0.669. The predicted molar refractivity (Wildman–Crippen MR) is 220 cm³/mol. The van der Waals surface area contributed by atoms with Crippen molar-refractivity contribution in [2.24, 2.45) is 0 Å². The molecular formula is C50H33NO. The Morgan fingerprint density at radius 2 is 0.865 bits per heavy atom. The van der Waals surface area contributed by atoms with E-state index in [-0.39, 0.29) is 0 Å². The van der Waals surface area contributed by atoms with Gasteiger partial charge in [0.1, 0.15) is 11.2 Å². The van der Waals surface area contributed by atoms with E-state index in [9.17, 15) is 0 Å². The smallest absolute Gasteiger partial charge is 0.136 e. The Balaban J connectivity index is 1.08. The lowest BCUT2D eigenvalue weighted by atomic mass is 9.96. The largest absolute Gasteiger partial charge is 0.456 e. The van der Waals surface area contributed by atoms with Crippen LogP contribution in [0.2, 0.25) is 0 Å². The van der Waals surface area contributed by atoms with Crippen LogP contribution >= 0.6 is 0 Å². The van der Waals surface area contributed by atoms with E-state index in [1.807, 2.05) is 12.1 Å². The molecule has 1 aromatic heterocycles. The van der Waals surface area contributed by atoms with Gasteiger partial charge in [0, 0.05) is 27.5 Å². The zero-order valence-electron chi connectivity index (χ0n) is 28.4.